The second-order valence-electron chi connectivity index (χ2n) is 16.0. The summed E-state index contributed by atoms with van der Waals surface area (Å²) >= 11 is 10.8. The fraction of sp³-hybridized carbons (Fsp3) is 0.213. The van der Waals surface area contributed by atoms with E-state index in [0.29, 0.717) is 0 Å². The molecule has 8 rings (SSSR count). The van der Waals surface area contributed by atoms with Crippen LogP contribution in [0.15, 0.2) is 125 Å². The minimum atomic E-state index is -3.04. The number of hydrogen-bond donors (Lipinski definition) is 0. The molecule has 0 atom stereocenters. The number of fused-ring (bicyclic) bond motifs is 5. The summed E-state index contributed by atoms with van der Waals surface area (Å²) in [5.41, 5.74) is 11.3. The van der Waals surface area contributed by atoms with Gasteiger partial charge in [-0.2, -0.15) is 0 Å². The second kappa shape index (κ2) is 14.8. The van der Waals surface area contributed by atoms with Crippen molar-refractivity contribution in [3.05, 3.63) is 168 Å². The summed E-state index contributed by atoms with van der Waals surface area (Å²) in [6.45, 7) is 14.1. The molecule has 52 heavy (non-hydrogen) atoms. The molecule has 0 bridgehead atoms. The summed E-state index contributed by atoms with van der Waals surface area (Å²) < 4.78 is 4.68. The number of hydrogen-bond acceptors (Lipinski definition) is 0. The number of halogens is 4. The molecule has 2 aliphatic rings. The summed E-state index contributed by atoms with van der Waals surface area (Å²) in [6.07, 6.45) is 9.04. The summed E-state index contributed by atoms with van der Waals surface area (Å²) in [5.74, 6) is 0. The third-order valence-corrected chi connectivity index (χ3v) is 18.8. The van der Waals surface area contributed by atoms with Crippen molar-refractivity contribution in [2.24, 2.45) is 0 Å². The van der Waals surface area contributed by atoms with E-state index in [4.69, 9.17) is 23.2 Å². The summed E-state index contributed by atoms with van der Waals surface area (Å²) in [5, 5.41) is 6.19. The van der Waals surface area contributed by atoms with Crippen LogP contribution in [-0.2, 0) is 38.5 Å². The molecule has 2 aliphatic carbocycles. The van der Waals surface area contributed by atoms with Gasteiger partial charge in [0.25, 0.3) is 0 Å². The van der Waals surface area contributed by atoms with E-state index in [2.05, 4.69) is 163 Å². The Balaban J connectivity index is 0.00000232. The molecule has 262 valence electrons. The van der Waals surface area contributed by atoms with Gasteiger partial charge in [0.2, 0.25) is 0 Å². The van der Waals surface area contributed by atoms with Gasteiger partial charge in [-0.3, -0.25) is 0 Å². The van der Waals surface area contributed by atoms with Crippen LogP contribution in [-0.4, -0.2) is 3.21 Å². The zero-order valence-electron chi connectivity index (χ0n) is 30.5. The standard InChI is InChI=1S/C21H12Cl2.C21H25.C5H5.2ClH.Zr/c22-20-11-9-14(16-5-1-3-7-18(16)20)13-15-10-12-21(23)19-8-4-2-6-17(15)19;1-20(2,3)16-9-7-14-11-15-8-10-17(21(4,5)6)13-19(15)18(14)12-16;1-2-4-5-3-1;;;/h1-12H;7,9-10,12-13H,11H2,1-6H3;1-3H,4H2;2*1H;/q;;;;;+2/p-2. The van der Waals surface area contributed by atoms with Gasteiger partial charge >= 0.3 is 317 Å². The molecule has 0 spiro atoms. The summed E-state index contributed by atoms with van der Waals surface area (Å²) in [4.78, 5) is 0. The van der Waals surface area contributed by atoms with Crippen LogP contribution in [0.1, 0.15) is 81.3 Å². The first-order chi connectivity index (χ1) is 23.9. The van der Waals surface area contributed by atoms with Crippen molar-refractivity contribution < 1.29 is 46.1 Å². The maximum Gasteiger partial charge on any atom is -1.00 e. The molecule has 0 nitrogen and oxygen atoms in total. The van der Waals surface area contributed by atoms with Crippen LogP contribution in [0.25, 0.3) is 32.7 Å². The van der Waals surface area contributed by atoms with Crippen LogP contribution in [0.3, 0.4) is 0 Å². The molecule has 0 saturated carbocycles. The molecule has 0 aromatic heterocycles. The first kappa shape index (κ1) is 38.9. The Morgan fingerprint density at radius 1 is 0.596 bits per heavy atom. The largest absolute Gasteiger partial charge is 1.00 e. The third kappa shape index (κ3) is 6.87. The molecule has 6 aromatic rings. The van der Waals surface area contributed by atoms with E-state index in [1.54, 1.807) is 6.55 Å². The molecular formula is C47H42Cl4Zr. The molecule has 5 heteroatoms. The second-order valence-corrected chi connectivity index (χ2v) is 22.7. The average molecular weight is 840 g/mol. The van der Waals surface area contributed by atoms with Crippen molar-refractivity contribution in [3.63, 3.8) is 0 Å². The van der Waals surface area contributed by atoms with Gasteiger partial charge in [0.05, 0.1) is 0 Å². The third-order valence-electron chi connectivity index (χ3n) is 10.6. The fourth-order valence-electron chi connectivity index (χ4n) is 7.87. The zero-order valence-corrected chi connectivity index (χ0v) is 36.0. The first-order valence-corrected chi connectivity index (χ1v) is 22.1. The quantitative estimate of drug-likeness (QED) is 0.183. The normalized spacial score (nSPS) is 13.2. The summed E-state index contributed by atoms with van der Waals surface area (Å²) in [7, 11) is 0. The van der Waals surface area contributed by atoms with Gasteiger partial charge in [0.1, 0.15) is 0 Å². The maximum atomic E-state index is 6.93. The van der Waals surface area contributed by atoms with Crippen LogP contribution in [0.4, 0.5) is 0 Å². The topological polar surface area (TPSA) is 0 Å². The van der Waals surface area contributed by atoms with E-state index in [1.807, 2.05) is 0 Å². The van der Waals surface area contributed by atoms with E-state index in [-0.39, 0.29) is 35.6 Å². The zero-order chi connectivity index (χ0) is 34.9. The van der Waals surface area contributed by atoms with Crippen LogP contribution in [0, 0.1) is 0 Å². The van der Waals surface area contributed by atoms with E-state index in [1.165, 1.54) is 58.5 Å². The van der Waals surface area contributed by atoms with Gasteiger partial charge in [-0.25, -0.2) is 0 Å². The Morgan fingerprint density at radius 2 is 1.13 bits per heavy atom. The van der Waals surface area contributed by atoms with Crippen LogP contribution in [0.2, 0.25) is 10.0 Å². The predicted molar refractivity (Wildman–Crippen MR) is 215 cm³/mol. The van der Waals surface area contributed by atoms with Crippen molar-refractivity contribution >= 4 is 51.2 Å². The number of benzene rings is 6. The molecule has 0 aliphatic heterocycles. The van der Waals surface area contributed by atoms with Crippen molar-refractivity contribution in [1.82, 2.24) is 0 Å². The molecule has 0 unspecified atom stereocenters. The molecular weight excluding hydrogens is 798 g/mol. The average Bonchev–Trinajstić information content (AvgIpc) is 3.76. The van der Waals surface area contributed by atoms with Crippen LogP contribution in [0.5, 0.6) is 0 Å². The number of rotatable bonds is 4. The molecule has 0 amide bonds. The first-order valence-electron chi connectivity index (χ1n) is 17.7. The smallest absolute Gasteiger partial charge is 1.00 e. The van der Waals surface area contributed by atoms with Crippen molar-refractivity contribution in [2.45, 2.75) is 65.2 Å². The van der Waals surface area contributed by atoms with E-state index >= 15 is 0 Å². The van der Waals surface area contributed by atoms with Gasteiger partial charge in [0.15, 0.2) is 0 Å². The monoisotopic (exact) mass is 836 g/mol. The van der Waals surface area contributed by atoms with E-state index in [0.717, 1.165) is 33.7 Å². The van der Waals surface area contributed by atoms with Crippen LogP contribution >= 0.6 is 23.2 Å². The Morgan fingerprint density at radius 3 is 1.65 bits per heavy atom. The SMILES string of the molecule is CC(C)(C)c1ccc2c(c1)-c1cc(C(C)(C)C)c[c]([Zr+2]([C]3=CC=CC3)=[C](c3ccc(Cl)c4ccccc34)c3ccc(Cl)c4ccccc34)c1C2.[Cl-].[Cl-]. The van der Waals surface area contributed by atoms with E-state index < -0.39 is 21.3 Å². The molecule has 0 fully saturated rings. The van der Waals surface area contributed by atoms with Crippen molar-refractivity contribution in [3.8, 4) is 11.1 Å². The molecule has 0 heterocycles. The molecule has 0 saturated heterocycles. The van der Waals surface area contributed by atoms with Gasteiger partial charge in [-0.05, 0) is 0 Å². The van der Waals surface area contributed by atoms with Crippen molar-refractivity contribution in [2.75, 3.05) is 0 Å². The Labute approximate surface area is 338 Å². The van der Waals surface area contributed by atoms with Gasteiger partial charge in [0, 0.05) is 0 Å². The molecule has 0 N–H and O–H groups in total. The Bertz CT molecular complexity index is 2380. The summed E-state index contributed by atoms with van der Waals surface area (Å²) in [6, 6.07) is 38.6. The minimum Gasteiger partial charge on any atom is -1.00 e. The molecule has 6 aromatic carbocycles. The van der Waals surface area contributed by atoms with Gasteiger partial charge in [-0.15, -0.1) is 0 Å². The van der Waals surface area contributed by atoms with Gasteiger partial charge < -0.3 is 24.8 Å². The fourth-order valence-corrected chi connectivity index (χ4v) is 16.5. The van der Waals surface area contributed by atoms with E-state index in [9.17, 15) is 0 Å². The number of allylic oxidation sites excluding steroid dienone is 4. The van der Waals surface area contributed by atoms with Crippen molar-refractivity contribution in [1.29, 1.82) is 0 Å². The van der Waals surface area contributed by atoms with Gasteiger partial charge in [-0.1, -0.05) is 0 Å². The molecule has 0 radical (unpaired) electrons. The predicted octanol–water partition coefficient (Wildman–Crippen LogP) is 6.83. The van der Waals surface area contributed by atoms with Crippen LogP contribution < -0.4 is 28.1 Å². The minimum absolute atomic E-state index is 0. The maximum absolute atomic E-state index is 6.93. The Hall–Kier alpha value is -2.77. The Kier molecular flexibility index (Phi) is 11.1.